The van der Waals surface area contributed by atoms with Crippen LogP contribution in [-0.4, -0.2) is 18.0 Å². The highest BCUT2D eigenvalue weighted by molar-refractivity contribution is 5.81. The van der Waals surface area contributed by atoms with Gasteiger partial charge in [-0.2, -0.15) is 0 Å². The first kappa shape index (κ1) is 13.2. The molecule has 2 rings (SSSR count). The van der Waals surface area contributed by atoms with E-state index in [9.17, 15) is 4.79 Å². The molecule has 3 nitrogen and oxygen atoms in total. The lowest BCUT2D eigenvalue weighted by Crippen LogP contribution is -2.29. The second-order valence-corrected chi connectivity index (χ2v) is 4.73. The summed E-state index contributed by atoms with van der Waals surface area (Å²) in [5.41, 5.74) is 0.975. The van der Waals surface area contributed by atoms with E-state index in [4.69, 9.17) is 9.47 Å². The molecule has 1 heterocycles. The molecule has 1 fully saturated rings. The van der Waals surface area contributed by atoms with E-state index in [1.165, 1.54) is 0 Å². The van der Waals surface area contributed by atoms with Crippen molar-refractivity contribution >= 4 is 5.78 Å². The molecule has 98 valence electrons. The average molecular weight is 248 g/mol. The van der Waals surface area contributed by atoms with Crippen LogP contribution in [0, 0.1) is 0 Å². The molecule has 0 radical (unpaired) electrons. The Balaban J connectivity index is 2.07. The topological polar surface area (TPSA) is 35.5 Å². The molecule has 3 atom stereocenters. The van der Waals surface area contributed by atoms with Gasteiger partial charge in [-0.3, -0.25) is 4.79 Å². The molecule has 1 saturated heterocycles. The quantitative estimate of drug-likeness (QED) is 0.802. The van der Waals surface area contributed by atoms with Gasteiger partial charge in [-0.1, -0.05) is 50.1 Å². The van der Waals surface area contributed by atoms with Gasteiger partial charge in [-0.25, -0.2) is 0 Å². The smallest absolute Gasteiger partial charge is 0.185 e. The van der Waals surface area contributed by atoms with Gasteiger partial charge >= 0.3 is 0 Å². The molecule has 0 spiro atoms. The zero-order valence-electron chi connectivity index (χ0n) is 11.0. The summed E-state index contributed by atoms with van der Waals surface area (Å²) in [4.78, 5) is 11.6. The Morgan fingerprint density at radius 1 is 1.22 bits per heavy atom. The Labute approximate surface area is 108 Å². The molecule has 0 N–H and O–H groups in total. The zero-order valence-corrected chi connectivity index (χ0v) is 11.0. The lowest BCUT2D eigenvalue weighted by molar-refractivity contribution is -0.129. The molecule has 1 aromatic rings. The molecule has 0 saturated carbocycles. The number of hydrogen-bond donors (Lipinski definition) is 0. The molecule has 3 heteroatoms. The molecule has 1 aromatic carbocycles. The maximum atomic E-state index is 11.6. The number of carbonyl (C=O) groups is 1. The first-order chi connectivity index (χ1) is 8.72. The Morgan fingerprint density at radius 3 is 2.56 bits per heavy atom. The summed E-state index contributed by atoms with van der Waals surface area (Å²) in [5, 5.41) is 0. The maximum absolute atomic E-state index is 11.6. The lowest BCUT2D eigenvalue weighted by Gasteiger charge is -2.12. The van der Waals surface area contributed by atoms with Crippen molar-refractivity contribution in [1.82, 2.24) is 0 Å². The van der Waals surface area contributed by atoms with Gasteiger partial charge in [0.15, 0.2) is 12.1 Å². The van der Waals surface area contributed by atoms with E-state index in [1.54, 1.807) is 6.92 Å². The molecule has 0 amide bonds. The molecular weight excluding hydrogens is 228 g/mol. The molecule has 1 aliphatic heterocycles. The number of unbranched alkanes of at least 4 members (excludes halogenated alkanes) is 1. The highest BCUT2D eigenvalue weighted by Crippen LogP contribution is 2.33. The Kier molecular flexibility index (Phi) is 4.50. The summed E-state index contributed by atoms with van der Waals surface area (Å²) in [6, 6.07) is 9.78. The van der Waals surface area contributed by atoms with E-state index in [-0.39, 0.29) is 11.9 Å². The Bertz CT molecular complexity index is 388. The van der Waals surface area contributed by atoms with Gasteiger partial charge in [0, 0.05) is 5.56 Å². The SMILES string of the molecule is CCCC[C@H]1OC(c2ccccc2)O[C@@H]1C(C)=O. The van der Waals surface area contributed by atoms with E-state index < -0.39 is 12.4 Å². The van der Waals surface area contributed by atoms with E-state index >= 15 is 0 Å². The van der Waals surface area contributed by atoms with E-state index in [2.05, 4.69) is 6.92 Å². The largest absolute Gasteiger partial charge is 0.342 e. The summed E-state index contributed by atoms with van der Waals surface area (Å²) in [7, 11) is 0. The minimum absolute atomic E-state index is 0.0505. The van der Waals surface area contributed by atoms with Gasteiger partial charge in [-0.05, 0) is 13.3 Å². The molecule has 0 aromatic heterocycles. The van der Waals surface area contributed by atoms with Crippen LogP contribution in [0.3, 0.4) is 0 Å². The molecule has 1 unspecified atom stereocenters. The Hall–Kier alpha value is -1.19. The van der Waals surface area contributed by atoms with Crippen LogP contribution in [0.5, 0.6) is 0 Å². The van der Waals surface area contributed by atoms with Crippen LogP contribution in [0.25, 0.3) is 0 Å². The van der Waals surface area contributed by atoms with Crippen molar-refractivity contribution in [2.24, 2.45) is 0 Å². The number of Topliss-reactive ketones (excluding diaryl/α,β-unsaturated/α-hetero) is 1. The van der Waals surface area contributed by atoms with Gasteiger partial charge in [-0.15, -0.1) is 0 Å². The maximum Gasteiger partial charge on any atom is 0.185 e. The first-order valence-electron chi connectivity index (χ1n) is 6.58. The highest BCUT2D eigenvalue weighted by atomic mass is 16.7. The van der Waals surface area contributed by atoms with Crippen molar-refractivity contribution in [3.63, 3.8) is 0 Å². The second kappa shape index (κ2) is 6.12. The molecule has 0 aliphatic carbocycles. The van der Waals surface area contributed by atoms with Crippen LogP contribution in [0.2, 0.25) is 0 Å². The average Bonchev–Trinajstić information content (AvgIpc) is 2.81. The highest BCUT2D eigenvalue weighted by Gasteiger charge is 2.38. The van der Waals surface area contributed by atoms with Crippen molar-refractivity contribution < 1.29 is 14.3 Å². The van der Waals surface area contributed by atoms with Crippen LogP contribution in [0.15, 0.2) is 30.3 Å². The minimum Gasteiger partial charge on any atom is -0.342 e. The van der Waals surface area contributed by atoms with Gasteiger partial charge < -0.3 is 9.47 Å². The van der Waals surface area contributed by atoms with Gasteiger partial charge in [0.05, 0.1) is 6.10 Å². The summed E-state index contributed by atoms with van der Waals surface area (Å²) in [6.45, 7) is 3.70. The number of hydrogen-bond acceptors (Lipinski definition) is 3. The summed E-state index contributed by atoms with van der Waals surface area (Å²) in [6.07, 6.45) is 2.11. The van der Waals surface area contributed by atoms with Crippen molar-refractivity contribution in [3.05, 3.63) is 35.9 Å². The van der Waals surface area contributed by atoms with Crippen LogP contribution in [-0.2, 0) is 14.3 Å². The number of carbonyl (C=O) groups excluding carboxylic acids is 1. The third-order valence-electron chi connectivity index (χ3n) is 3.22. The third-order valence-corrected chi connectivity index (χ3v) is 3.22. The van der Waals surface area contributed by atoms with E-state index in [0.717, 1.165) is 24.8 Å². The van der Waals surface area contributed by atoms with Crippen LogP contribution in [0.1, 0.15) is 45.0 Å². The first-order valence-corrected chi connectivity index (χ1v) is 6.58. The number of ketones is 1. The second-order valence-electron chi connectivity index (χ2n) is 4.73. The number of benzene rings is 1. The molecular formula is C15H20O3. The van der Waals surface area contributed by atoms with Crippen LogP contribution < -0.4 is 0 Å². The number of ether oxygens (including phenoxy) is 2. The normalized spacial score (nSPS) is 27.3. The molecule has 1 aliphatic rings. The summed E-state index contributed by atoms with van der Waals surface area (Å²) < 4.78 is 11.6. The van der Waals surface area contributed by atoms with Crippen molar-refractivity contribution in [3.8, 4) is 0 Å². The predicted molar refractivity (Wildman–Crippen MR) is 69.1 cm³/mol. The standard InChI is InChI=1S/C15H20O3/c1-3-4-10-13-14(11(2)16)18-15(17-13)12-8-6-5-7-9-12/h5-9,13-15H,3-4,10H2,1-2H3/t13-,14-,15?/m1/s1. The van der Waals surface area contributed by atoms with Crippen molar-refractivity contribution in [1.29, 1.82) is 0 Å². The fourth-order valence-corrected chi connectivity index (χ4v) is 2.23. The molecule has 18 heavy (non-hydrogen) atoms. The van der Waals surface area contributed by atoms with Crippen molar-refractivity contribution in [2.75, 3.05) is 0 Å². The zero-order chi connectivity index (χ0) is 13.0. The lowest BCUT2D eigenvalue weighted by atomic mass is 10.1. The Morgan fingerprint density at radius 2 is 1.94 bits per heavy atom. The van der Waals surface area contributed by atoms with E-state index in [1.807, 2.05) is 30.3 Å². The van der Waals surface area contributed by atoms with Crippen LogP contribution in [0.4, 0.5) is 0 Å². The summed E-state index contributed by atoms with van der Waals surface area (Å²) in [5.74, 6) is 0.0505. The predicted octanol–water partition coefficient (Wildman–Crippen LogP) is 3.25. The monoisotopic (exact) mass is 248 g/mol. The van der Waals surface area contributed by atoms with Gasteiger partial charge in [0.1, 0.15) is 6.10 Å². The minimum atomic E-state index is -0.415. The van der Waals surface area contributed by atoms with E-state index in [0.29, 0.717) is 0 Å². The fourth-order valence-electron chi connectivity index (χ4n) is 2.23. The van der Waals surface area contributed by atoms with Crippen molar-refractivity contribution in [2.45, 2.75) is 51.6 Å². The number of rotatable bonds is 5. The summed E-state index contributed by atoms with van der Waals surface area (Å²) >= 11 is 0. The van der Waals surface area contributed by atoms with Crippen LogP contribution >= 0.6 is 0 Å². The fraction of sp³-hybridized carbons (Fsp3) is 0.533. The third kappa shape index (κ3) is 2.98. The van der Waals surface area contributed by atoms with Gasteiger partial charge in [0.25, 0.3) is 0 Å². The van der Waals surface area contributed by atoms with Gasteiger partial charge in [0.2, 0.25) is 0 Å². The molecule has 0 bridgehead atoms.